The topological polar surface area (TPSA) is 76.1 Å². The summed E-state index contributed by atoms with van der Waals surface area (Å²) in [5.74, 6) is -3.13. The summed E-state index contributed by atoms with van der Waals surface area (Å²) in [6.07, 6.45) is 1.32. The van der Waals surface area contributed by atoms with E-state index in [1.54, 1.807) is 4.90 Å². The molecule has 0 radical (unpaired) electrons. The predicted octanol–water partition coefficient (Wildman–Crippen LogP) is -0.873. The second-order valence-corrected chi connectivity index (χ2v) is 4.23. The lowest BCUT2D eigenvalue weighted by atomic mass is 10.2. The first-order valence-corrected chi connectivity index (χ1v) is 5.88. The van der Waals surface area contributed by atoms with E-state index >= 15 is 0 Å². The fourth-order valence-corrected chi connectivity index (χ4v) is 2.39. The van der Waals surface area contributed by atoms with Crippen LogP contribution in [-0.4, -0.2) is 52.6 Å². The maximum atomic E-state index is 11.0. The summed E-state index contributed by atoms with van der Waals surface area (Å²) in [5, 5.41) is 9.71. The van der Waals surface area contributed by atoms with Gasteiger partial charge in [0.2, 0.25) is 0 Å². The molecule has 2 rings (SSSR count). The lowest BCUT2D eigenvalue weighted by Gasteiger charge is -2.31. The van der Waals surface area contributed by atoms with Crippen LogP contribution >= 0.6 is 11.8 Å². The minimum atomic E-state index is -1.57. The minimum Gasteiger partial charge on any atom is -0.397 e. The number of hydrogen-bond donors (Lipinski definition) is 1. The Morgan fingerprint density at radius 1 is 1.53 bits per heavy atom. The highest BCUT2D eigenvalue weighted by Gasteiger charge is 2.61. The summed E-state index contributed by atoms with van der Waals surface area (Å²) in [6, 6.07) is 0. The monoisotopic (exact) mass is 233 g/mol. The molecule has 84 valence electrons. The molecular formula is C8H11NO5S. The number of carbonyl (C=O) groups excluding carboxylic acids is 2. The number of carbonyl (C=O) groups is 2. The van der Waals surface area contributed by atoms with Gasteiger partial charge < -0.3 is 14.6 Å². The Hall–Kier alpha value is -0.790. The first-order valence-electron chi connectivity index (χ1n) is 4.48. The van der Waals surface area contributed by atoms with E-state index in [2.05, 4.69) is 0 Å². The molecule has 2 saturated heterocycles. The number of hydrogen-bond acceptors (Lipinski definition) is 7. The van der Waals surface area contributed by atoms with Gasteiger partial charge in [-0.2, -0.15) is 0 Å². The molecule has 6 nitrogen and oxygen atoms in total. The third kappa shape index (κ3) is 1.51. The molecule has 15 heavy (non-hydrogen) atoms. The molecule has 7 heteroatoms. The molecule has 0 amide bonds. The number of likely N-dealkylation sites (tertiary alicyclic amines) is 1. The smallest absolute Gasteiger partial charge is 0.397 e. The van der Waals surface area contributed by atoms with E-state index in [-0.39, 0.29) is 0 Å². The molecule has 1 spiro atoms. The van der Waals surface area contributed by atoms with Gasteiger partial charge in [0.1, 0.15) is 6.10 Å². The molecule has 1 atom stereocenters. The number of nitrogens with zero attached hydrogens (tertiary/aromatic N) is 1. The van der Waals surface area contributed by atoms with Crippen molar-refractivity contribution in [2.45, 2.75) is 18.4 Å². The Morgan fingerprint density at radius 2 is 2.13 bits per heavy atom. The first kappa shape index (κ1) is 10.7. The van der Waals surface area contributed by atoms with Gasteiger partial charge in [-0.05, 0) is 12.7 Å². The van der Waals surface area contributed by atoms with Crippen molar-refractivity contribution in [3.05, 3.63) is 0 Å². The highest BCUT2D eigenvalue weighted by atomic mass is 32.2. The molecule has 2 aliphatic rings. The van der Waals surface area contributed by atoms with Crippen molar-refractivity contribution in [2.75, 3.05) is 18.7 Å². The zero-order valence-corrected chi connectivity index (χ0v) is 8.95. The summed E-state index contributed by atoms with van der Waals surface area (Å²) in [6.45, 7) is 0.530. The van der Waals surface area contributed by atoms with Gasteiger partial charge in [-0.3, -0.25) is 0 Å². The van der Waals surface area contributed by atoms with Gasteiger partial charge in [0.25, 0.3) is 0 Å². The summed E-state index contributed by atoms with van der Waals surface area (Å²) < 4.78 is 9.70. The normalized spacial score (nSPS) is 29.6. The zero-order valence-electron chi connectivity index (χ0n) is 8.13. The number of ether oxygens (including phenoxy) is 2. The van der Waals surface area contributed by atoms with Gasteiger partial charge in [0.05, 0.1) is 5.88 Å². The summed E-state index contributed by atoms with van der Waals surface area (Å²) >= 11 is 1.50. The van der Waals surface area contributed by atoms with Crippen LogP contribution in [0.2, 0.25) is 0 Å². The maximum absolute atomic E-state index is 11.0. The van der Waals surface area contributed by atoms with Crippen LogP contribution in [0, 0.1) is 0 Å². The number of rotatable bonds is 2. The first-order chi connectivity index (χ1) is 7.10. The van der Waals surface area contributed by atoms with Gasteiger partial charge >= 0.3 is 17.8 Å². The number of thioether (sulfide) groups is 1. The lowest BCUT2D eigenvalue weighted by molar-refractivity contribution is -0.264. The average molecular weight is 233 g/mol. The summed E-state index contributed by atoms with van der Waals surface area (Å²) in [5.41, 5.74) is 0. The van der Waals surface area contributed by atoms with Gasteiger partial charge in [-0.15, -0.1) is 11.8 Å². The number of aliphatic hydroxyl groups excluding tert-OH is 1. The van der Waals surface area contributed by atoms with Gasteiger partial charge in [0.15, 0.2) is 0 Å². The van der Waals surface area contributed by atoms with Crippen LogP contribution in [0.5, 0.6) is 0 Å². The van der Waals surface area contributed by atoms with Crippen LogP contribution in [0.4, 0.5) is 0 Å². The highest BCUT2D eigenvalue weighted by molar-refractivity contribution is 7.98. The van der Waals surface area contributed by atoms with Crippen LogP contribution in [0.1, 0.15) is 6.42 Å². The van der Waals surface area contributed by atoms with Crippen molar-refractivity contribution in [1.82, 2.24) is 4.90 Å². The van der Waals surface area contributed by atoms with Crippen LogP contribution < -0.4 is 0 Å². The standard InChI is InChI=1S/C8H11NO5S/c1-15-4-9-3-2-5(10)8(9)13-6(11)7(12)14-8/h5,10H,2-4H2,1H3. The van der Waals surface area contributed by atoms with Crippen LogP contribution in [-0.2, 0) is 19.1 Å². The van der Waals surface area contributed by atoms with E-state index < -0.39 is 24.0 Å². The molecule has 0 aromatic carbocycles. The molecule has 2 fully saturated rings. The lowest BCUT2D eigenvalue weighted by Crippen LogP contribution is -2.51. The van der Waals surface area contributed by atoms with Crippen molar-refractivity contribution in [3.8, 4) is 0 Å². The molecule has 2 heterocycles. The van der Waals surface area contributed by atoms with E-state index in [9.17, 15) is 14.7 Å². The van der Waals surface area contributed by atoms with Crippen LogP contribution in [0.3, 0.4) is 0 Å². The fourth-order valence-electron chi connectivity index (χ4n) is 1.77. The van der Waals surface area contributed by atoms with Crippen molar-refractivity contribution in [3.63, 3.8) is 0 Å². The Bertz CT molecular complexity index is 289. The van der Waals surface area contributed by atoms with E-state index in [4.69, 9.17) is 9.47 Å². The highest BCUT2D eigenvalue weighted by Crippen LogP contribution is 2.36. The maximum Gasteiger partial charge on any atom is 0.422 e. The molecule has 0 aromatic rings. The fraction of sp³-hybridized carbons (Fsp3) is 0.750. The minimum absolute atomic E-state index is 0.418. The van der Waals surface area contributed by atoms with Crippen molar-refractivity contribution in [2.24, 2.45) is 0 Å². The Morgan fingerprint density at radius 3 is 2.67 bits per heavy atom. The molecule has 0 aliphatic carbocycles. The Balaban J connectivity index is 2.23. The summed E-state index contributed by atoms with van der Waals surface area (Å²) in [7, 11) is 0. The van der Waals surface area contributed by atoms with E-state index in [1.807, 2.05) is 6.26 Å². The number of esters is 2. The third-order valence-corrected chi connectivity index (χ3v) is 3.03. The molecule has 2 aliphatic heterocycles. The molecule has 0 bridgehead atoms. The molecule has 1 unspecified atom stereocenters. The van der Waals surface area contributed by atoms with Crippen LogP contribution in [0.15, 0.2) is 0 Å². The second kappa shape index (κ2) is 3.66. The SMILES string of the molecule is CSCN1CCC(O)C12OC(=O)C(=O)O2. The number of aliphatic hydroxyl groups is 1. The van der Waals surface area contributed by atoms with Crippen LogP contribution in [0.25, 0.3) is 0 Å². The van der Waals surface area contributed by atoms with E-state index in [0.717, 1.165) is 0 Å². The molecule has 0 aromatic heterocycles. The van der Waals surface area contributed by atoms with Gasteiger partial charge in [0, 0.05) is 6.54 Å². The average Bonchev–Trinajstić information content (AvgIpc) is 2.63. The third-order valence-electron chi connectivity index (χ3n) is 2.46. The molecular weight excluding hydrogens is 222 g/mol. The van der Waals surface area contributed by atoms with Gasteiger partial charge in [-0.25, -0.2) is 14.5 Å². The molecule has 0 saturated carbocycles. The quantitative estimate of drug-likeness (QED) is 0.490. The van der Waals surface area contributed by atoms with E-state index in [1.165, 1.54) is 11.8 Å². The van der Waals surface area contributed by atoms with Crippen molar-refractivity contribution >= 4 is 23.7 Å². The predicted molar refractivity (Wildman–Crippen MR) is 50.6 cm³/mol. The Kier molecular flexibility index (Phi) is 2.61. The second-order valence-electron chi connectivity index (χ2n) is 3.40. The van der Waals surface area contributed by atoms with Crippen molar-refractivity contribution in [1.29, 1.82) is 0 Å². The van der Waals surface area contributed by atoms with Gasteiger partial charge in [-0.1, -0.05) is 0 Å². The summed E-state index contributed by atoms with van der Waals surface area (Å²) in [4.78, 5) is 23.6. The Labute approximate surface area is 90.5 Å². The van der Waals surface area contributed by atoms with Crippen molar-refractivity contribution < 1.29 is 24.2 Å². The zero-order chi connectivity index (χ0) is 11.1. The van der Waals surface area contributed by atoms with E-state index in [0.29, 0.717) is 18.8 Å². The largest absolute Gasteiger partial charge is 0.422 e. The molecule has 1 N–H and O–H groups in total.